The van der Waals surface area contributed by atoms with Crippen molar-refractivity contribution in [2.45, 2.75) is 19.5 Å². The largest absolute Gasteiger partial charge is 0.272 e. The van der Waals surface area contributed by atoms with Gasteiger partial charge in [-0.25, -0.2) is 4.98 Å². The van der Waals surface area contributed by atoms with Crippen molar-refractivity contribution in [2.24, 2.45) is 0 Å². The zero-order valence-electron chi connectivity index (χ0n) is 5.04. The topological polar surface area (TPSA) is 46.6 Å². The van der Waals surface area contributed by atoms with Crippen LogP contribution in [0.15, 0.2) is 6.33 Å². The lowest BCUT2D eigenvalue weighted by Crippen LogP contribution is -2.17. The summed E-state index contributed by atoms with van der Waals surface area (Å²) in [4.78, 5) is 3.83. The first-order valence-corrected chi connectivity index (χ1v) is 3.05. The summed E-state index contributed by atoms with van der Waals surface area (Å²) in [7, 11) is 0. The van der Waals surface area contributed by atoms with Gasteiger partial charge < -0.3 is 0 Å². The minimum absolute atomic E-state index is 0.382. The van der Waals surface area contributed by atoms with Gasteiger partial charge in [0.05, 0.1) is 0 Å². The molecule has 4 nitrogen and oxygen atoms in total. The summed E-state index contributed by atoms with van der Waals surface area (Å²) >= 11 is 0. The molecule has 1 N–H and O–H groups in total. The highest BCUT2D eigenvalue weighted by Gasteiger charge is 2.07. The molecule has 0 saturated heterocycles. The molecule has 1 aliphatic rings. The second-order valence-electron chi connectivity index (χ2n) is 2.21. The monoisotopic (exact) mass is 124 g/mol. The summed E-state index contributed by atoms with van der Waals surface area (Å²) in [5, 5.41) is 7.26. The number of nitrogens with one attached hydrogen (secondary N) is 1. The number of aryl methyl sites for hydroxylation is 1. The van der Waals surface area contributed by atoms with E-state index in [0.717, 1.165) is 19.5 Å². The van der Waals surface area contributed by atoms with Crippen molar-refractivity contribution in [1.82, 2.24) is 14.3 Å². The van der Waals surface area contributed by atoms with Crippen molar-refractivity contribution in [3.8, 4) is 0 Å². The molecular formula is C5H8N4. The fourth-order valence-electron chi connectivity index (χ4n) is 1.17. The third kappa shape index (κ3) is 0.526. The van der Waals surface area contributed by atoms with Gasteiger partial charge in [0.15, 0.2) is 0 Å². The van der Waals surface area contributed by atoms with Crippen LogP contribution in [0.3, 0.4) is 0 Å². The average Bonchev–Trinajstić information content (AvgIpc) is 2.35. The maximum atomic E-state index is 7.26. The van der Waals surface area contributed by atoms with Crippen LogP contribution in [0.4, 0.5) is 0 Å². The van der Waals surface area contributed by atoms with Gasteiger partial charge in [0.25, 0.3) is 0 Å². The Morgan fingerprint density at radius 1 is 1.56 bits per heavy atom. The maximum absolute atomic E-state index is 7.26. The zero-order valence-corrected chi connectivity index (χ0v) is 5.04. The minimum atomic E-state index is 0.382. The quantitative estimate of drug-likeness (QED) is 0.501. The van der Waals surface area contributed by atoms with E-state index in [1.165, 1.54) is 0 Å². The molecule has 0 saturated carbocycles. The van der Waals surface area contributed by atoms with Crippen LogP contribution in [-0.4, -0.2) is 14.3 Å². The van der Waals surface area contributed by atoms with Crippen molar-refractivity contribution in [1.29, 1.82) is 5.41 Å². The van der Waals surface area contributed by atoms with Crippen molar-refractivity contribution in [3.63, 3.8) is 0 Å². The minimum Gasteiger partial charge on any atom is -0.272 e. The predicted octanol–water partition coefficient (Wildman–Crippen LogP) is -0.432. The van der Waals surface area contributed by atoms with E-state index in [1.807, 2.05) is 9.36 Å². The summed E-state index contributed by atoms with van der Waals surface area (Å²) in [5.41, 5.74) is 0.382. The normalized spacial score (nSPS) is 16.0. The van der Waals surface area contributed by atoms with Crippen LogP contribution in [0.25, 0.3) is 0 Å². The number of hydrogen-bond acceptors (Lipinski definition) is 2. The van der Waals surface area contributed by atoms with Gasteiger partial charge in [0.2, 0.25) is 5.62 Å². The molecule has 1 aliphatic heterocycles. The summed E-state index contributed by atoms with van der Waals surface area (Å²) in [6, 6.07) is 0. The van der Waals surface area contributed by atoms with E-state index in [4.69, 9.17) is 5.41 Å². The van der Waals surface area contributed by atoms with E-state index in [0.29, 0.717) is 5.62 Å². The number of fused-ring (bicyclic) bond motifs is 1. The fraction of sp³-hybridized carbons (Fsp3) is 0.600. The molecule has 0 radical (unpaired) electrons. The number of nitrogens with zero attached hydrogens (tertiary/aromatic N) is 3. The second kappa shape index (κ2) is 1.46. The SMILES string of the molecule is N=c1ncn2n1CCC2. The Bertz CT molecular complexity index is 269. The molecule has 0 aromatic carbocycles. The number of hydrogen-bond donors (Lipinski definition) is 1. The molecule has 0 unspecified atom stereocenters. The first-order chi connectivity index (χ1) is 4.38. The molecule has 0 bridgehead atoms. The highest BCUT2D eigenvalue weighted by Crippen LogP contribution is 1.99. The highest BCUT2D eigenvalue weighted by atomic mass is 15.5. The molecule has 2 rings (SSSR count). The van der Waals surface area contributed by atoms with Gasteiger partial charge >= 0.3 is 0 Å². The first-order valence-electron chi connectivity index (χ1n) is 3.05. The molecule has 0 aliphatic carbocycles. The van der Waals surface area contributed by atoms with E-state index in [-0.39, 0.29) is 0 Å². The van der Waals surface area contributed by atoms with Crippen LogP contribution < -0.4 is 5.62 Å². The highest BCUT2D eigenvalue weighted by molar-refractivity contribution is 4.67. The van der Waals surface area contributed by atoms with Gasteiger partial charge in [-0.05, 0) is 6.42 Å². The molecule has 48 valence electrons. The Morgan fingerprint density at radius 3 is 3.22 bits per heavy atom. The van der Waals surface area contributed by atoms with Crippen molar-refractivity contribution in [3.05, 3.63) is 11.9 Å². The third-order valence-electron chi connectivity index (χ3n) is 1.63. The third-order valence-corrected chi connectivity index (χ3v) is 1.63. The van der Waals surface area contributed by atoms with Gasteiger partial charge in [-0.1, -0.05) is 0 Å². The molecule has 0 fully saturated rings. The fourth-order valence-corrected chi connectivity index (χ4v) is 1.17. The second-order valence-corrected chi connectivity index (χ2v) is 2.21. The standard InChI is InChI=1S/C5H8N4/c6-5-7-4-8-2-1-3-9(5)8/h4,6H,1-3H2. The molecular weight excluding hydrogens is 116 g/mol. The molecule has 0 spiro atoms. The van der Waals surface area contributed by atoms with E-state index in [2.05, 4.69) is 4.98 Å². The smallest absolute Gasteiger partial charge is 0.238 e. The van der Waals surface area contributed by atoms with Crippen LogP contribution in [0.1, 0.15) is 6.42 Å². The van der Waals surface area contributed by atoms with E-state index in [9.17, 15) is 0 Å². The van der Waals surface area contributed by atoms with Gasteiger partial charge in [-0.2, -0.15) is 0 Å². The molecule has 0 amide bonds. The van der Waals surface area contributed by atoms with Crippen LogP contribution in [0.2, 0.25) is 0 Å². The molecule has 0 atom stereocenters. The first kappa shape index (κ1) is 4.78. The summed E-state index contributed by atoms with van der Waals surface area (Å²) < 4.78 is 3.85. The van der Waals surface area contributed by atoms with Gasteiger partial charge in [-0.15, -0.1) is 0 Å². The molecule has 1 aromatic heterocycles. The maximum Gasteiger partial charge on any atom is 0.238 e. The van der Waals surface area contributed by atoms with E-state index < -0.39 is 0 Å². The van der Waals surface area contributed by atoms with Crippen LogP contribution in [0.5, 0.6) is 0 Å². The Morgan fingerprint density at radius 2 is 2.44 bits per heavy atom. The summed E-state index contributed by atoms with van der Waals surface area (Å²) in [6.07, 6.45) is 2.86. The van der Waals surface area contributed by atoms with E-state index in [1.54, 1.807) is 6.33 Å². The van der Waals surface area contributed by atoms with Gasteiger partial charge in [0, 0.05) is 13.1 Å². The Hall–Kier alpha value is -1.06. The summed E-state index contributed by atoms with van der Waals surface area (Å²) in [6.45, 7) is 1.98. The van der Waals surface area contributed by atoms with Gasteiger partial charge in [-0.3, -0.25) is 14.8 Å². The van der Waals surface area contributed by atoms with E-state index >= 15 is 0 Å². The lowest BCUT2D eigenvalue weighted by molar-refractivity contribution is 0.580. The average molecular weight is 124 g/mol. The predicted molar refractivity (Wildman–Crippen MR) is 30.7 cm³/mol. The van der Waals surface area contributed by atoms with Crippen LogP contribution in [-0.2, 0) is 13.1 Å². The lowest BCUT2D eigenvalue weighted by atomic mass is 10.5. The zero-order chi connectivity index (χ0) is 6.27. The Kier molecular flexibility index (Phi) is 0.777. The van der Waals surface area contributed by atoms with Crippen molar-refractivity contribution in [2.75, 3.05) is 0 Å². The van der Waals surface area contributed by atoms with Crippen LogP contribution >= 0.6 is 0 Å². The van der Waals surface area contributed by atoms with Crippen molar-refractivity contribution >= 4 is 0 Å². The lowest BCUT2D eigenvalue weighted by Gasteiger charge is -1.93. The molecule has 1 aromatic rings. The summed E-state index contributed by atoms with van der Waals surface area (Å²) in [5.74, 6) is 0. The molecule has 9 heavy (non-hydrogen) atoms. The van der Waals surface area contributed by atoms with Crippen molar-refractivity contribution < 1.29 is 0 Å². The van der Waals surface area contributed by atoms with Crippen LogP contribution in [0, 0.1) is 5.41 Å². The number of rotatable bonds is 0. The molecule has 4 heteroatoms. The Labute approximate surface area is 52.2 Å². The molecule has 2 heterocycles. The Balaban J connectivity index is 2.70. The van der Waals surface area contributed by atoms with Gasteiger partial charge in [0.1, 0.15) is 6.33 Å². The number of aromatic nitrogens is 3.